The van der Waals surface area contributed by atoms with E-state index >= 15 is 0 Å². The molecule has 5 nitrogen and oxygen atoms in total. The standard InChI is InChI=1S/C13H8ClN3O2/c14-10-4-3-8(6-9(10)13(18)19)17-11-2-1-5-16-12(11)7-15/h1-6,17H,(H,18,19). The molecule has 0 radical (unpaired) electrons. The van der Waals surface area contributed by atoms with Crippen molar-refractivity contribution in [1.29, 1.82) is 5.26 Å². The quantitative estimate of drug-likeness (QED) is 0.897. The first-order chi connectivity index (χ1) is 9.11. The number of nitrogens with zero attached hydrogens (tertiary/aromatic N) is 2. The molecular weight excluding hydrogens is 266 g/mol. The van der Waals surface area contributed by atoms with Gasteiger partial charge in [-0.05, 0) is 30.3 Å². The number of aromatic nitrogens is 1. The topological polar surface area (TPSA) is 86.0 Å². The van der Waals surface area contributed by atoms with Gasteiger partial charge in [0.25, 0.3) is 0 Å². The molecule has 0 unspecified atom stereocenters. The lowest BCUT2D eigenvalue weighted by Gasteiger charge is -2.08. The van der Waals surface area contributed by atoms with Crippen LogP contribution >= 0.6 is 11.6 Å². The molecule has 6 heteroatoms. The lowest BCUT2D eigenvalue weighted by atomic mass is 10.2. The average Bonchev–Trinajstić information content (AvgIpc) is 2.41. The first kappa shape index (κ1) is 12.9. The number of nitriles is 1. The van der Waals surface area contributed by atoms with Crippen LogP contribution in [-0.2, 0) is 0 Å². The first-order valence-corrected chi connectivity index (χ1v) is 5.64. The third kappa shape index (κ3) is 2.81. The summed E-state index contributed by atoms with van der Waals surface area (Å²) in [5.74, 6) is -1.11. The number of halogens is 1. The first-order valence-electron chi connectivity index (χ1n) is 5.27. The zero-order valence-corrected chi connectivity index (χ0v) is 10.3. The summed E-state index contributed by atoms with van der Waals surface area (Å²) in [5, 5.41) is 21.0. The molecule has 1 heterocycles. The normalized spacial score (nSPS) is 9.68. The number of pyridine rings is 1. The van der Waals surface area contributed by atoms with E-state index in [4.69, 9.17) is 22.0 Å². The van der Waals surface area contributed by atoms with Crippen LogP contribution in [0.5, 0.6) is 0 Å². The van der Waals surface area contributed by atoms with Gasteiger partial charge in [-0.15, -0.1) is 0 Å². The predicted octanol–water partition coefficient (Wildman–Crippen LogP) is 3.05. The highest BCUT2D eigenvalue weighted by atomic mass is 35.5. The van der Waals surface area contributed by atoms with Crippen LogP contribution in [0.15, 0.2) is 36.5 Å². The minimum atomic E-state index is -1.11. The van der Waals surface area contributed by atoms with Crippen LogP contribution in [0.1, 0.15) is 16.1 Å². The van der Waals surface area contributed by atoms with Crippen molar-refractivity contribution in [2.75, 3.05) is 5.32 Å². The van der Waals surface area contributed by atoms with Crippen LogP contribution < -0.4 is 5.32 Å². The van der Waals surface area contributed by atoms with Gasteiger partial charge in [0.05, 0.1) is 16.3 Å². The molecule has 0 fully saturated rings. The molecule has 2 aromatic rings. The predicted molar refractivity (Wildman–Crippen MR) is 70.6 cm³/mol. The second-order valence-electron chi connectivity index (χ2n) is 3.64. The Bertz CT molecular complexity index is 680. The average molecular weight is 274 g/mol. The molecule has 0 saturated heterocycles. The van der Waals surface area contributed by atoms with Crippen LogP contribution in [0.3, 0.4) is 0 Å². The van der Waals surface area contributed by atoms with Crippen LogP contribution in [-0.4, -0.2) is 16.1 Å². The Balaban J connectivity index is 2.37. The van der Waals surface area contributed by atoms with Crippen molar-refractivity contribution in [3.8, 4) is 6.07 Å². The van der Waals surface area contributed by atoms with Crippen LogP contribution in [0, 0.1) is 11.3 Å². The highest BCUT2D eigenvalue weighted by molar-refractivity contribution is 6.33. The molecule has 1 aromatic heterocycles. The van der Waals surface area contributed by atoms with E-state index in [0.717, 1.165) is 0 Å². The van der Waals surface area contributed by atoms with Gasteiger partial charge >= 0.3 is 5.97 Å². The maximum atomic E-state index is 11.0. The SMILES string of the molecule is N#Cc1ncccc1Nc1ccc(Cl)c(C(=O)O)c1. The largest absolute Gasteiger partial charge is 0.478 e. The van der Waals surface area contributed by atoms with Gasteiger partial charge in [-0.1, -0.05) is 11.6 Å². The molecule has 0 atom stereocenters. The minimum Gasteiger partial charge on any atom is -0.478 e. The monoisotopic (exact) mass is 273 g/mol. The third-order valence-corrected chi connectivity index (χ3v) is 2.72. The number of hydrogen-bond acceptors (Lipinski definition) is 4. The number of aromatic carboxylic acids is 1. The molecule has 0 aliphatic carbocycles. The van der Waals surface area contributed by atoms with E-state index in [2.05, 4.69) is 10.3 Å². The lowest BCUT2D eigenvalue weighted by Crippen LogP contribution is -2.00. The number of carbonyl (C=O) groups is 1. The molecule has 0 aliphatic heterocycles. The Labute approximate surface area is 114 Å². The van der Waals surface area contributed by atoms with Crippen molar-refractivity contribution < 1.29 is 9.90 Å². The molecule has 94 valence electrons. The van der Waals surface area contributed by atoms with E-state index in [9.17, 15) is 4.79 Å². The van der Waals surface area contributed by atoms with Crippen molar-refractivity contribution >= 4 is 28.9 Å². The molecule has 1 aromatic carbocycles. The number of carboxylic acids is 1. The van der Waals surface area contributed by atoms with Crippen molar-refractivity contribution in [1.82, 2.24) is 4.98 Å². The summed E-state index contributed by atoms with van der Waals surface area (Å²) in [6.45, 7) is 0. The van der Waals surface area contributed by atoms with E-state index in [-0.39, 0.29) is 16.3 Å². The third-order valence-electron chi connectivity index (χ3n) is 2.39. The van der Waals surface area contributed by atoms with Gasteiger partial charge < -0.3 is 10.4 Å². The van der Waals surface area contributed by atoms with Crippen molar-refractivity contribution in [2.24, 2.45) is 0 Å². The van der Waals surface area contributed by atoms with Crippen molar-refractivity contribution in [3.63, 3.8) is 0 Å². The van der Waals surface area contributed by atoms with E-state index in [1.165, 1.54) is 18.3 Å². The van der Waals surface area contributed by atoms with Gasteiger partial charge in [-0.25, -0.2) is 9.78 Å². The highest BCUT2D eigenvalue weighted by Crippen LogP contribution is 2.24. The van der Waals surface area contributed by atoms with Crippen LogP contribution in [0.2, 0.25) is 5.02 Å². The summed E-state index contributed by atoms with van der Waals surface area (Å²) >= 11 is 5.78. The fourth-order valence-electron chi connectivity index (χ4n) is 1.52. The Hall–Kier alpha value is -2.58. The zero-order valence-electron chi connectivity index (χ0n) is 9.59. The number of carboxylic acid groups (broad SMARTS) is 1. The molecule has 0 amide bonds. The number of benzene rings is 1. The van der Waals surface area contributed by atoms with Gasteiger partial charge in [-0.2, -0.15) is 5.26 Å². The molecular formula is C13H8ClN3O2. The molecule has 19 heavy (non-hydrogen) atoms. The van der Waals surface area contributed by atoms with E-state index in [1.807, 2.05) is 6.07 Å². The molecule has 0 saturated carbocycles. The van der Waals surface area contributed by atoms with Crippen molar-refractivity contribution in [3.05, 3.63) is 52.8 Å². The summed E-state index contributed by atoms with van der Waals surface area (Å²) in [7, 11) is 0. The summed E-state index contributed by atoms with van der Waals surface area (Å²) in [5.41, 5.74) is 1.25. The van der Waals surface area contributed by atoms with E-state index < -0.39 is 5.97 Å². The maximum absolute atomic E-state index is 11.0. The molecule has 0 spiro atoms. The van der Waals surface area contributed by atoms with Crippen LogP contribution in [0.25, 0.3) is 0 Å². The van der Waals surface area contributed by atoms with Gasteiger partial charge in [0, 0.05) is 11.9 Å². The number of rotatable bonds is 3. The Kier molecular flexibility index (Phi) is 3.64. The van der Waals surface area contributed by atoms with E-state index in [1.54, 1.807) is 18.2 Å². The highest BCUT2D eigenvalue weighted by Gasteiger charge is 2.10. The molecule has 2 rings (SSSR count). The van der Waals surface area contributed by atoms with Gasteiger partial charge in [0.15, 0.2) is 5.69 Å². The lowest BCUT2D eigenvalue weighted by molar-refractivity contribution is 0.0697. The fraction of sp³-hybridized carbons (Fsp3) is 0. The summed E-state index contributed by atoms with van der Waals surface area (Å²) < 4.78 is 0. The van der Waals surface area contributed by atoms with Gasteiger partial charge in [-0.3, -0.25) is 0 Å². The molecule has 0 aliphatic rings. The Morgan fingerprint density at radius 2 is 2.21 bits per heavy atom. The van der Waals surface area contributed by atoms with Crippen LogP contribution in [0.4, 0.5) is 11.4 Å². The second-order valence-corrected chi connectivity index (χ2v) is 4.04. The van der Waals surface area contributed by atoms with E-state index in [0.29, 0.717) is 11.4 Å². The Morgan fingerprint density at radius 1 is 1.42 bits per heavy atom. The smallest absolute Gasteiger partial charge is 0.337 e. The fourth-order valence-corrected chi connectivity index (χ4v) is 1.72. The van der Waals surface area contributed by atoms with Gasteiger partial charge in [0.1, 0.15) is 6.07 Å². The number of hydrogen-bond donors (Lipinski definition) is 2. The minimum absolute atomic E-state index is 0.00550. The summed E-state index contributed by atoms with van der Waals surface area (Å²) in [6, 6.07) is 9.82. The summed E-state index contributed by atoms with van der Waals surface area (Å²) in [6.07, 6.45) is 1.51. The number of anilines is 2. The molecule has 2 N–H and O–H groups in total. The van der Waals surface area contributed by atoms with Crippen molar-refractivity contribution in [2.45, 2.75) is 0 Å². The summed E-state index contributed by atoms with van der Waals surface area (Å²) in [4.78, 5) is 14.9. The zero-order chi connectivity index (χ0) is 13.8. The molecule has 0 bridgehead atoms. The Morgan fingerprint density at radius 3 is 2.89 bits per heavy atom. The second kappa shape index (κ2) is 5.38. The number of nitrogens with one attached hydrogen (secondary N) is 1. The van der Waals surface area contributed by atoms with Gasteiger partial charge in [0.2, 0.25) is 0 Å². The maximum Gasteiger partial charge on any atom is 0.337 e.